The molecule has 0 saturated carbocycles. The number of halogens is 4. The number of nitrogens with zero attached hydrogens (tertiary/aromatic N) is 2. The maximum Gasteiger partial charge on any atom is 0.416 e. The van der Waals surface area contributed by atoms with Gasteiger partial charge in [-0.3, -0.25) is 4.79 Å². The lowest BCUT2D eigenvalue weighted by atomic mass is 10.0. The summed E-state index contributed by atoms with van der Waals surface area (Å²) >= 11 is 0. The quantitative estimate of drug-likeness (QED) is 0.425. The molecular formula is C26H20F4N2O4. The minimum absolute atomic E-state index is 0.0309. The van der Waals surface area contributed by atoms with Crippen LogP contribution in [-0.4, -0.2) is 36.0 Å². The summed E-state index contributed by atoms with van der Waals surface area (Å²) in [6.45, 7) is 0.0404. The Balaban J connectivity index is 1.35. The van der Waals surface area contributed by atoms with Gasteiger partial charge in [-0.1, -0.05) is 23.4 Å². The van der Waals surface area contributed by atoms with E-state index in [4.69, 9.17) is 14.3 Å². The van der Waals surface area contributed by atoms with Crippen molar-refractivity contribution in [1.82, 2.24) is 4.90 Å². The first kappa shape index (κ1) is 23.7. The van der Waals surface area contributed by atoms with Crippen LogP contribution in [0.25, 0.3) is 0 Å². The predicted octanol–water partition coefficient (Wildman–Crippen LogP) is 5.41. The molecule has 1 atom stereocenters. The average molecular weight is 500 g/mol. The van der Waals surface area contributed by atoms with Crippen molar-refractivity contribution in [1.29, 1.82) is 0 Å². The van der Waals surface area contributed by atoms with Gasteiger partial charge >= 0.3 is 6.18 Å². The van der Waals surface area contributed by atoms with E-state index in [-0.39, 0.29) is 31.0 Å². The highest BCUT2D eigenvalue weighted by Gasteiger charge is 2.32. The van der Waals surface area contributed by atoms with Gasteiger partial charge in [0.1, 0.15) is 5.82 Å². The fourth-order valence-electron chi connectivity index (χ4n) is 4.11. The van der Waals surface area contributed by atoms with Crippen molar-refractivity contribution in [3.8, 4) is 11.5 Å². The Morgan fingerprint density at radius 2 is 1.81 bits per heavy atom. The number of ether oxygens (including phenoxy) is 2. The van der Waals surface area contributed by atoms with Crippen LogP contribution in [0.3, 0.4) is 0 Å². The number of oxime groups is 1. The van der Waals surface area contributed by atoms with Crippen molar-refractivity contribution >= 4 is 11.6 Å². The van der Waals surface area contributed by atoms with E-state index in [1.807, 2.05) is 6.07 Å². The van der Waals surface area contributed by atoms with Crippen LogP contribution < -0.4 is 9.47 Å². The zero-order valence-corrected chi connectivity index (χ0v) is 18.8. The topological polar surface area (TPSA) is 60.4 Å². The molecule has 0 radical (unpaired) electrons. The maximum atomic E-state index is 13.8. The molecule has 186 valence electrons. The van der Waals surface area contributed by atoms with E-state index in [1.165, 1.54) is 35.2 Å². The number of alkyl halides is 3. The van der Waals surface area contributed by atoms with Gasteiger partial charge in [0, 0.05) is 24.1 Å². The normalized spacial score (nSPS) is 16.4. The fraction of sp³-hybridized carbons (Fsp3) is 0.231. The molecule has 36 heavy (non-hydrogen) atoms. The van der Waals surface area contributed by atoms with E-state index in [1.54, 1.807) is 12.1 Å². The van der Waals surface area contributed by atoms with Crippen LogP contribution in [0.15, 0.2) is 71.9 Å². The lowest BCUT2D eigenvalue weighted by Gasteiger charge is -2.25. The Kier molecular flexibility index (Phi) is 6.26. The van der Waals surface area contributed by atoms with Crippen LogP contribution in [0.1, 0.15) is 33.5 Å². The van der Waals surface area contributed by atoms with E-state index in [0.29, 0.717) is 23.6 Å². The molecule has 0 aliphatic carbocycles. The van der Waals surface area contributed by atoms with E-state index in [0.717, 1.165) is 23.8 Å². The van der Waals surface area contributed by atoms with E-state index < -0.39 is 29.6 Å². The van der Waals surface area contributed by atoms with E-state index >= 15 is 0 Å². The van der Waals surface area contributed by atoms with E-state index in [2.05, 4.69) is 5.16 Å². The number of hydrogen-bond donors (Lipinski definition) is 0. The molecule has 3 aromatic rings. The summed E-state index contributed by atoms with van der Waals surface area (Å²) in [5, 5.41) is 4.14. The minimum Gasteiger partial charge on any atom is -0.454 e. The van der Waals surface area contributed by atoms with Gasteiger partial charge in [-0.05, 0) is 54.1 Å². The fourth-order valence-corrected chi connectivity index (χ4v) is 4.11. The Morgan fingerprint density at radius 3 is 2.61 bits per heavy atom. The van der Waals surface area contributed by atoms with Gasteiger partial charge in [0.15, 0.2) is 17.6 Å². The summed E-state index contributed by atoms with van der Waals surface area (Å²) in [7, 11) is 0. The molecular weight excluding hydrogens is 480 g/mol. The SMILES string of the molecule is O=C(c1cccc(F)c1)N(Cc1cccc(C(F)(F)F)c1)C[C@@H]1CC(c2ccc3c(c2)OCO3)=NO1. The number of fused-ring (bicyclic) bond motifs is 1. The summed E-state index contributed by atoms with van der Waals surface area (Å²) in [6.07, 6.45) is -4.71. The number of benzene rings is 3. The zero-order valence-electron chi connectivity index (χ0n) is 18.8. The Labute approximate surface area is 203 Å². The third-order valence-corrected chi connectivity index (χ3v) is 5.85. The van der Waals surface area contributed by atoms with Crippen LogP contribution in [0.2, 0.25) is 0 Å². The predicted molar refractivity (Wildman–Crippen MR) is 121 cm³/mol. The molecule has 0 spiro atoms. The Morgan fingerprint density at radius 1 is 1.00 bits per heavy atom. The van der Waals surface area contributed by atoms with Crippen LogP contribution in [0.4, 0.5) is 17.6 Å². The lowest BCUT2D eigenvalue weighted by molar-refractivity contribution is -0.137. The number of hydrogen-bond acceptors (Lipinski definition) is 5. The van der Waals surface area contributed by atoms with Crippen molar-refractivity contribution in [3.63, 3.8) is 0 Å². The molecule has 0 N–H and O–H groups in total. The average Bonchev–Trinajstić information content (AvgIpc) is 3.52. The molecule has 0 aromatic heterocycles. The van der Waals surface area contributed by atoms with Crippen LogP contribution in [-0.2, 0) is 17.6 Å². The molecule has 2 aliphatic heterocycles. The molecule has 2 aliphatic rings. The van der Waals surface area contributed by atoms with Crippen molar-refractivity contribution in [2.75, 3.05) is 13.3 Å². The molecule has 3 aromatic carbocycles. The van der Waals surface area contributed by atoms with Gasteiger partial charge in [-0.2, -0.15) is 13.2 Å². The van der Waals surface area contributed by atoms with Gasteiger partial charge in [-0.15, -0.1) is 0 Å². The first-order chi connectivity index (χ1) is 17.3. The van der Waals surface area contributed by atoms with E-state index in [9.17, 15) is 22.4 Å². The summed E-state index contributed by atoms with van der Waals surface area (Å²) in [4.78, 5) is 20.2. The van der Waals surface area contributed by atoms with Crippen molar-refractivity contribution in [3.05, 3.63) is 94.8 Å². The monoisotopic (exact) mass is 500 g/mol. The molecule has 2 heterocycles. The van der Waals surface area contributed by atoms with Crippen molar-refractivity contribution < 1.29 is 36.7 Å². The van der Waals surface area contributed by atoms with Crippen LogP contribution >= 0.6 is 0 Å². The molecule has 0 unspecified atom stereocenters. The highest BCUT2D eigenvalue weighted by molar-refractivity contribution is 6.02. The van der Waals surface area contributed by atoms with Gasteiger partial charge in [0.05, 0.1) is 17.8 Å². The molecule has 5 rings (SSSR count). The number of carbonyl (C=O) groups is 1. The molecule has 0 saturated heterocycles. The van der Waals surface area contributed by atoms with Crippen molar-refractivity contribution in [2.24, 2.45) is 5.16 Å². The zero-order chi connectivity index (χ0) is 25.3. The minimum atomic E-state index is -4.52. The van der Waals surface area contributed by atoms with Gasteiger partial charge in [-0.25, -0.2) is 4.39 Å². The standard InChI is InChI=1S/C26H20F4N2O4/c27-20-6-2-4-18(10-20)25(33)32(13-16-3-1-5-19(9-16)26(28,29)30)14-21-12-22(31-36-21)17-7-8-23-24(11-17)35-15-34-23/h1-11,21H,12-15H2/t21-/m0/s1. The van der Waals surface area contributed by atoms with Gasteiger partial charge < -0.3 is 19.2 Å². The Hall–Kier alpha value is -4.08. The number of carbonyl (C=O) groups excluding carboxylic acids is 1. The summed E-state index contributed by atoms with van der Waals surface area (Å²) in [6, 6.07) is 15.3. The second-order valence-corrected chi connectivity index (χ2v) is 8.43. The first-order valence-electron chi connectivity index (χ1n) is 11.1. The second kappa shape index (κ2) is 9.52. The van der Waals surface area contributed by atoms with Gasteiger partial charge in [0.2, 0.25) is 6.79 Å². The first-order valence-corrected chi connectivity index (χ1v) is 11.1. The maximum absolute atomic E-state index is 13.8. The molecule has 6 nitrogen and oxygen atoms in total. The van der Waals surface area contributed by atoms with Gasteiger partial charge in [0.25, 0.3) is 5.91 Å². The highest BCUT2D eigenvalue weighted by atomic mass is 19.4. The second-order valence-electron chi connectivity index (χ2n) is 8.43. The lowest BCUT2D eigenvalue weighted by Crippen LogP contribution is -2.37. The molecule has 10 heteroatoms. The van der Waals surface area contributed by atoms with Crippen molar-refractivity contribution in [2.45, 2.75) is 25.2 Å². The van der Waals surface area contributed by atoms with Crippen LogP contribution in [0.5, 0.6) is 11.5 Å². The van der Waals surface area contributed by atoms with Crippen LogP contribution in [0, 0.1) is 5.82 Å². The summed E-state index contributed by atoms with van der Waals surface area (Å²) < 4.78 is 64.1. The number of rotatable bonds is 6. The molecule has 1 amide bonds. The third kappa shape index (κ3) is 5.12. The highest BCUT2D eigenvalue weighted by Crippen LogP contribution is 2.34. The summed E-state index contributed by atoms with van der Waals surface area (Å²) in [5.41, 5.74) is 0.947. The molecule has 0 bridgehead atoms. The third-order valence-electron chi connectivity index (χ3n) is 5.85. The Bertz CT molecular complexity index is 1330. The molecule has 0 fully saturated rings. The number of amides is 1. The summed E-state index contributed by atoms with van der Waals surface area (Å²) in [5.74, 6) is 0.0892. The smallest absolute Gasteiger partial charge is 0.416 e. The largest absolute Gasteiger partial charge is 0.454 e.